The van der Waals surface area contributed by atoms with Crippen molar-refractivity contribution in [2.75, 3.05) is 18.0 Å². The second-order valence-electron chi connectivity index (χ2n) is 7.59. The van der Waals surface area contributed by atoms with E-state index in [1.54, 1.807) is 11.1 Å². The van der Waals surface area contributed by atoms with Crippen LogP contribution in [0.1, 0.15) is 34.6 Å². The number of hydrogen-bond acceptors (Lipinski definition) is 5. The molecule has 3 heterocycles. The minimum Gasteiger partial charge on any atom is -0.444 e. The van der Waals surface area contributed by atoms with Crippen molar-refractivity contribution < 1.29 is 9.53 Å². The lowest BCUT2D eigenvalue weighted by Gasteiger charge is -2.44. The average Bonchev–Trinajstić information content (AvgIpc) is 2.93. The average molecular weight is 366 g/mol. The minimum absolute atomic E-state index is 0.00311. The molecule has 0 radical (unpaired) electrons. The molecule has 3 rings (SSSR count). The molecule has 1 N–H and O–H groups in total. The molecule has 2 aromatic heterocycles. The molecule has 136 valence electrons. The summed E-state index contributed by atoms with van der Waals surface area (Å²) >= 11 is 6.34. The molecule has 7 nitrogen and oxygen atoms in total. The van der Waals surface area contributed by atoms with Crippen LogP contribution in [0.4, 0.5) is 10.6 Å². The normalized spacial score (nSPS) is 21.7. The van der Waals surface area contributed by atoms with Crippen LogP contribution >= 0.6 is 11.6 Å². The number of nitrogens with one attached hydrogen (secondary N) is 1. The van der Waals surface area contributed by atoms with Gasteiger partial charge in [0.2, 0.25) is 0 Å². The number of H-pyrrole nitrogens is 1. The Morgan fingerprint density at radius 1 is 1.32 bits per heavy atom. The molecule has 0 saturated carbocycles. The molecule has 1 saturated heterocycles. The maximum absolute atomic E-state index is 12.5. The topological polar surface area (TPSA) is 74.4 Å². The first-order valence-corrected chi connectivity index (χ1v) is 8.79. The Labute approximate surface area is 152 Å². The lowest BCUT2D eigenvalue weighted by molar-refractivity contribution is 0.00561. The number of amides is 1. The summed E-state index contributed by atoms with van der Waals surface area (Å²) in [7, 11) is 0. The number of halogens is 1. The zero-order chi connectivity index (χ0) is 18.4. The number of carbonyl (C=O) groups excluding carboxylic acids is 1. The maximum Gasteiger partial charge on any atom is 0.410 e. The molecular formula is C17H24ClN5O2. The van der Waals surface area contributed by atoms with Gasteiger partial charge in [0.15, 0.2) is 5.65 Å². The maximum atomic E-state index is 12.5. The summed E-state index contributed by atoms with van der Waals surface area (Å²) in [5, 5.41) is 8.26. The van der Waals surface area contributed by atoms with E-state index >= 15 is 0 Å². The molecule has 0 aliphatic carbocycles. The highest BCUT2D eigenvalue weighted by molar-refractivity contribution is 6.35. The predicted octanol–water partition coefficient (Wildman–Crippen LogP) is 3.45. The minimum atomic E-state index is -0.506. The van der Waals surface area contributed by atoms with Crippen molar-refractivity contribution in [3.63, 3.8) is 0 Å². The SMILES string of the molecule is C[C@@H]1CN(c2cc(Cl)c3cn[nH]c3n2)C[C@@H](C)N1C(=O)OC(C)(C)C. The summed E-state index contributed by atoms with van der Waals surface area (Å²) in [6.07, 6.45) is 1.39. The molecule has 8 heteroatoms. The van der Waals surface area contributed by atoms with Gasteiger partial charge in [0.25, 0.3) is 0 Å². The van der Waals surface area contributed by atoms with E-state index in [2.05, 4.69) is 20.1 Å². The highest BCUT2D eigenvalue weighted by Gasteiger charge is 2.36. The van der Waals surface area contributed by atoms with Gasteiger partial charge in [-0.1, -0.05) is 11.6 Å². The Hall–Kier alpha value is -2.02. The van der Waals surface area contributed by atoms with Crippen molar-refractivity contribution in [3.8, 4) is 0 Å². The first-order chi connectivity index (χ1) is 11.7. The van der Waals surface area contributed by atoms with Gasteiger partial charge in [-0.3, -0.25) is 10.00 Å². The number of pyridine rings is 1. The second kappa shape index (κ2) is 6.37. The number of hydrogen-bond donors (Lipinski definition) is 1. The van der Waals surface area contributed by atoms with Crippen LogP contribution in [0.15, 0.2) is 12.3 Å². The lowest BCUT2D eigenvalue weighted by atomic mass is 10.1. The summed E-state index contributed by atoms with van der Waals surface area (Å²) in [6.45, 7) is 11.0. The van der Waals surface area contributed by atoms with Crippen molar-refractivity contribution in [2.45, 2.75) is 52.3 Å². The number of anilines is 1. The summed E-state index contributed by atoms with van der Waals surface area (Å²) in [6, 6.07) is 1.84. The Morgan fingerprint density at radius 2 is 1.96 bits per heavy atom. The van der Waals surface area contributed by atoms with Gasteiger partial charge in [0.05, 0.1) is 28.7 Å². The summed E-state index contributed by atoms with van der Waals surface area (Å²) in [5.41, 5.74) is 0.159. The van der Waals surface area contributed by atoms with Crippen molar-refractivity contribution in [3.05, 3.63) is 17.3 Å². The van der Waals surface area contributed by atoms with Gasteiger partial charge in [-0.2, -0.15) is 5.10 Å². The quantitative estimate of drug-likeness (QED) is 0.837. The first-order valence-electron chi connectivity index (χ1n) is 8.41. The second-order valence-corrected chi connectivity index (χ2v) is 7.99. The molecule has 0 unspecified atom stereocenters. The van der Waals surface area contributed by atoms with Gasteiger partial charge in [-0.05, 0) is 34.6 Å². The molecule has 1 aliphatic rings. The van der Waals surface area contributed by atoms with Crippen molar-refractivity contribution in [1.29, 1.82) is 0 Å². The molecule has 1 aliphatic heterocycles. The Balaban J connectivity index is 1.80. The monoisotopic (exact) mass is 365 g/mol. The van der Waals surface area contributed by atoms with Gasteiger partial charge < -0.3 is 9.64 Å². The van der Waals surface area contributed by atoms with Gasteiger partial charge in [0, 0.05) is 19.2 Å². The van der Waals surface area contributed by atoms with E-state index in [0.717, 1.165) is 11.2 Å². The number of rotatable bonds is 1. The molecule has 2 aromatic rings. The van der Waals surface area contributed by atoms with E-state index in [-0.39, 0.29) is 18.2 Å². The molecule has 1 amide bonds. The van der Waals surface area contributed by atoms with Crippen LogP contribution in [-0.2, 0) is 4.74 Å². The molecule has 2 atom stereocenters. The molecule has 0 bridgehead atoms. The zero-order valence-electron chi connectivity index (χ0n) is 15.2. The molecule has 0 spiro atoms. The first kappa shape index (κ1) is 17.8. The third-order valence-corrected chi connectivity index (χ3v) is 4.52. The third-order valence-electron chi connectivity index (χ3n) is 4.21. The van der Waals surface area contributed by atoms with E-state index in [1.807, 2.05) is 40.7 Å². The number of fused-ring (bicyclic) bond motifs is 1. The van der Waals surface area contributed by atoms with Crippen molar-refractivity contribution in [1.82, 2.24) is 20.1 Å². The van der Waals surface area contributed by atoms with Crippen LogP contribution in [-0.4, -0.2) is 56.9 Å². The number of aromatic amines is 1. The fourth-order valence-electron chi connectivity index (χ4n) is 3.22. The van der Waals surface area contributed by atoms with Crippen LogP contribution in [0, 0.1) is 0 Å². The van der Waals surface area contributed by atoms with Gasteiger partial charge in [-0.15, -0.1) is 0 Å². The van der Waals surface area contributed by atoms with Crippen LogP contribution in [0.25, 0.3) is 11.0 Å². The van der Waals surface area contributed by atoms with Crippen LogP contribution in [0.2, 0.25) is 5.02 Å². The number of piperazine rings is 1. The van der Waals surface area contributed by atoms with E-state index in [9.17, 15) is 4.79 Å². The van der Waals surface area contributed by atoms with Crippen molar-refractivity contribution in [2.24, 2.45) is 0 Å². The van der Waals surface area contributed by atoms with Crippen LogP contribution < -0.4 is 4.90 Å². The highest BCUT2D eigenvalue weighted by Crippen LogP contribution is 2.28. The van der Waals surface area contributed by atoms with E-state index in [1.165, 1.54) is 0 Å². The molecule has 25 heavy (non-hydrogen) atoms. The smallest absolute Gasteiger partial charge is 0.410 e. The number of ether oxygens (including phenoxy) is 1. The standard InChI is InChI=1S/C17H24ClN5O2/c1-10-8-22(9-11(2)23(10)16(24)25-17(3,4)5)14-6-13(18)12-7-19-21-15(12)20-14/h6-7,10-11H,8-9H2,1-5H3,(H,19,20,21)/t10-,11-/m1/s1. The number of carbonyl (C=O) groups is 1. The fourth-order valence-corrected chi connectivity index (χ4v) is 3.46. The van der Waals surface area contributed by atoms with Gasteiger partial charge in [0.1, 0.15) is 11.4 Å². The van der Waals surface area contributed by atoms with E-state index < -0.39 is 5.60 Å². The lowest BCUT2D eigenvalue weighted by Crippen LogP contribution is -2.59. The number of aromatic nitrogens is 3. The highest BCUT2D eigenvalue weighted by atomic mass is 35.5. The Bertz CT molecular complexity index is 773. The zero-order valence-corrected chi connectivity index (χ0v) is 16.0. The van der Waals surface area contributed by atoms with Crippen LogP contribution in [0.3, 0.4) is 0 Å². The molecule has 1 fully saturated rings. The number of nitrogens with zero attached hydrogens (tertiary/aromatic N) is 4. The summed E-state index contributed by atoms with van der Waals surface area (Å²) < 4.78 is 5.54. The van der Waals surface area contributed by atoms with E-state index in [0.29, 0.717) is 23.8 Å². The summed E-state index contributed by atoms with van der Waals surface area (Å²) in [5.74, 6) is 0.782. The van der Waals surface area contributed by atoms with Crippen molar-refractivity contribution >= 4 is 34.5 Å². The Kier molecular flexibility index (Phi) is 4.53. The molecule has 0 aromatic carbocycles. The van der Waals surface area contributed by atoms with E-state index in [4.69, 9.17) is 16.3 Å². The third kappa shape index (κ3) is 3.66. The summed E-state index contributed by atoms with van der Waals surface area (Å²) in [4.78, 5) is 21.1. The largest absolute Gasteiger partial charge is 0.444 e. The van der Waals surface area contributed by atoms with Gasteiger partial charge in [-0.25, -0.2) is 9.78 Å². The molecular weight excluding hydrogens is 342 g/mol. The fraction of sp³-hybridized carbons (Fsp3) is 0.588. The van der Waals surface area contributed by atoms with Crippen LogP contribution in [0.5, 0.6) is 0 Å². The Morgan fingerprint density at radius 3 is 2.56 bits per heavy atom. The van der Waals surface area contributed by atoms with Gasteiger partial charge >= 0.3 is 6.09 Å². The predicted molar refractivity (Wildman–Crippen MR) is 98.1 cm³/mol.